The van der Waals surface area contributed by atoms with Crippen LogP contribution in [0.3, 0.4) is 0 Å². The fourth-order valence-corrected chi connectivity index (χ4v) is 5.23. The summed E-state index contributed by atoms with van der Waals surface area (Å²) in [6.45, 7) is 0.824. The average Bonchev–Trinajstić information content (AvgIpc) is 3.31. The molecule has 248 valence electrons. The minimum Gasteiger partial charge on any atom is -0.489 e. The normalized spacial score (nSPS) is 17.5. The molecule has 2 atom stereocenters. The van der Waals surface area contributed by atoms with E-state index in [0.717, 1.165) is 30.3 Å². The number of hydrogen-bond donors (Lipinski definition) is 3. The summed E-state index contributed by atoms with van der Waals surface area (Å²) in [5.74, 6) is -4.19. The van der Waals surface area contributed by atoms with Gasteiger partial charge in [0.2, 0.25) is 11.5 Å². The topological polar surface area (TPSA) is 137 Å². The molecule has 0 unspecified atom stereocenters. The Bertz CT molecular complexity index is 1940. The lowest BCUT2D eigenvalue weighted by atomic mass is 9.81. The third-order valence-corrected chi connectivity index (χ3v) is 7.89. The van der Waals surface area contributed by atoms with Crippen molar-refractivity contribution in [2.75, 3.05) is 13.2 Å². The smallest absolute Gasteiger partial charge is 0.489 e. The summed E-state index contributed by atoms with van der Waals surface area (Å²) in [5, 5.41) is 12.8. The standard InChI is InChI=1S/C30H22ClF7N4O5/c1-13-5-14-6-15(7-20(22(14)40-10-13)47-30(36,37)38)25(43)41-11-28(45,29(33,34)35)21-9-18-24(46-12-27(18,2)26(39)44)23(42-21)17-4-3-16(32)8-19(17)31/h3-10,45H,11-12H2,1-2H3,(H2,39,44)(H,41,43)/t27-,28-/m0/s1. The predicted molar refractivity (Wildman–Crippen MR) is 152 cm³/mol. The van der Waals surface area contributed by atoms with Gasteiger partial charge in [0, 0.05) is 28.3 Å². The zero-order valence-electron chi connectivity index (χ0n) is 24.1. The number of primary amides is 1. The van der Waals surface area contributed by atoms with Crippen LogP contribution in [0.25, 0.3) is 22.2 Å². The third kappa shape index (κ3) is 6.22. The Morgan fingerprint density at radius 1 is 1.13 bits per heavy atom. The number of pyridine rings is 2. The van der Waals surface area contributed by atoms with Gasteiger partial charge < -0.3 is 25.6 Å². The lowest BCUT2D eigenvalue weighted by Crippen LogP contribution is -2.51. The molecule has 0 spiro atoms. The van der Waals surface area contributed by atoms with Gasteiger partial charge in [-0.15, -0.1) is 13.2 Å². The van der Waals surface area contributed by atoms with E-state index in [2.05, 4.69) is 14.7 Å². The quantitative estimate of drug-likeness (QED) is 0.215. The molecule has 4 aromatic rings. The van der Waals surface area contributed by atoms with Gasteiger partial charge in [-0.05, 0) is 61.9 Å². The van der Waals surface area contributed by atoms with Crippen molar-refractivity contribution in [1.29, 1.82) is 0 Å². The van der Waals surface area contributed by atoms with E-state index in [9.17, 15) is 45.4 Å². The van der Waals surface area contributed by atoms with Crippen LogP contribution in [0, 0.1) is 12.7 Å². The van der Waals surface area contributed by atoms with Crippen LogP contribution in [-0.2, 0) is 15.8 Å². The van der Waals surface area contributed by atoms with Gasteiger partial charge >= 0.3 is 12.5 Å². The van der Waals surface area contributed by atoms with Gasteiger partial charge in [-0.1, -0.05) is 11.6 Å². The molecular formula is C30H22ClF7N4O5. The van der Waals surface area contributed by atoms with Crippen molar-refractivity contribution in [1.82, 2.24) is 15.3 Å². The number of nitrogens with one attached hydrogen (secondary N) is 1. The summed E-state index contributed by atoms with van der Waals surface area (Å²) in [6.07, 6.45) is -9.50. The van der Waals surface area contributed by atoms with E-state index >= 15 is 0 Å². The number of nitrogens with two attached hydrogens (primary N) is 1. The highest BCUT2D eigenvalue weighted by atomic mass is 35.5. The molecule has 0 aliphatic carbocycles. The maximum atomic E-state index is 14.7. The third-order valence-electron chi connectivity index (χ3n) is 7.57. The molecule has 1 aliphatic heterocycles. The zero-order valence-corrected chi connectivity index (χ0v) is 24.9. The molecule has 1 aliphatic rings. The molecule has 2 aromatic heterocycles. The highest BCUT2D eigenvalue weighted by Crippen LogP contribution is 2.48. The SMILES string of the molecule is Cc1cnc2c(OC(F)(F)F)cc(C(=O)NC[C@](O)(c3cc4c(c(-c5ccc(F)cc5Cl)n3)OC[C@]4(C)C(N)=O)C(F)(F)F)cc2c1. The first-order valence-electron chi connectivity index (χ1n) is 13.4. The highest BCUT2D eigenvalue weighted by molar-refractivity contribution is 6.33. The number of carbonyl (C=O) groups is 2. The molecule has 47 heavy (non-hydrogen) atoms. The van der Waals surface area contributed by atoms with E-state index < -0.39 is 77.0 Å². The Kier molecular flexibility index (Phi) is 8.25. The van der Waals surface area contributed by atoms with E-state index in [0.29, 0.717) is 11.6 Å². The van der Waals surface area contributed by atoms with E-state index in [-0.39, 0.29) is 32.8 Å². The molecule has 2 amide bonds. The number of halogens is 8. The second-order valence-electron chi connectivity index (χ2n) is 11.0. The van der Waals surface area contributed by atoms with E-state index in [4.69, 9.17) is 22.1 Å². The summed E-state index contributed by atoms with van der Waals surface area (Å²) < 4.78 is 107. The van der Waals surface area contributed by atoms with Crippen molar-refractivity contribution in [3.63, 3.8) is 0 Å². The molecule has 0 saturated heterocycles. The zero-order chi connectivity index (χ0) is 34.7. The first-order chi connectivity index (χ1) is 21.7. The molecule has 0 fully saturated rings. The van der Waals surface area contributed by atoms with Gasteiger partial charge in [0.25, 0.3) is 5.91 Å². The first-order valence-corrected chi connectivity index (χ1v) is 13.8. The van der Waals surface area contributed by atoms with Crippen LogP contribution >= 0.6 is 11.6 Å². The van der Waals surface area contributed by atoms with Gasteiger partial charge in [0.1, 0.15) is 34.8 Å². The van der Waals surface area contributed by atoms with Crippen molar-refractivity contribution >= 4 is 34.3 Å². The van der Waals surface area contributed by atoms with Crippen LogP contribution in [0.15, 0.2) is 48.7 Å². The lowest BCUT2D eigenvalue weighted by molar-refractivity contribution is -0.274. The number of carbonyl (C=O) groups excluding carboxylic acids is 2. The lowest BCUT2D eigenvalue weighted by Gasteiger charge is -2.31. The molecule has 0 radical (unpaired) electrons. The van der Waals surface area contributed by atoms with Gasteiger partial charge in [0.05, 0.1) is 17.3 Å². The molecule has 5 rings (SSSR count). The van der Waals surface area contributed by atoms with Crippen LogP contribution in [0.2, 0.25) is 5.02 Å². The summed E-state index contributed by atoms with van der Waals surface area (Å²) in [7, 11) is 0. The van der Waals surface area contributed by atoms with Crippen molar-refractivity contribution in [3.05, 3.63) is 81.9 Å². The summed E-state index contributed by atoms with van der Waals surface area (Å²) >= 11 is 6.18. The molecular weight excluding hydrogens is 665 g/mol. The number of aryl methyl sites for hydroxylation is 1. The van der Waals surface area contributed by atoms with Crippen LogP contribution in [0.4, 0.5) is 30.7 Å². The summed E-state index contributed by atoms with van der Waals surface area (Å²) in [4.78, 5) is 33.4. The van der Waals surface area contributed by atoms with Gasteiger partial charge in [0.15, 0.2) is 5.75 Å². The molecule has 4 N–H and O–H groups in total. The fraction of sp³-hybridized carbons (Fsp3) is 0.267. The Morgan fingerprint density at radius 3 is 2.45 bits per heavy atom. The van der Waals surface area contributed by atoms with E-state index in [1.807, 2.05) is 5.32 Å². The first kappa shape index (κ1) is 33.7. The Balaban J connectivity index is 1.61. The summed E-state index contributed by atoms with van der Waals surface area (Å²) in [6, 6.07) is 6.73. The van der Waals surface area contributed by atoms with Gasteiger partial charge in [-0.25, -0.2) is 9.37 Å². The van der Waals surface area contributed by atoms with Crippen molar-refractivity contribution < 1.29 is 54.9 Å². The van der Waals surface area contributed by atoms with E-state index in [1.54, 1.807) is 6.92 Å². The van der Waals surface area contributed by atoms with Crippen molar-refractivity contribution in [2.45, 2.75) is 37.4 Å². The average molecular weight is 687 g/mol. The largest absolute Gasteiger partial charge is 0.573 e. The summed E-state index contributed by atoms with van der Waals surface area (Å²) in [5.41, 5.74) is -2.31. The molecule has 0 bridgehead atoms. The van der Waals surface area contributed by atoms with Gasteiger partial charge in [-0.3, -0.25) is 14.6 Å². The van der Waals surface area contributed by atoms with Crippen molar-refractivity contribution in [3.8, 4) is 22.8 Å². The van der Waals surface area contributed by atoms with Gasteiger partial charge in [-0.2, -0.15) is 13.2 Å². The molecule has 2 aromatic carbocycles. The fourth-order valence-electron chi connectivity index (χ4n) is 4.97. The maximum Gasteiger partial charge on any atom is 0.573 e. The van der Waals surface area contributed by atoms with E-state index in [1.165, 1.54) is 19.2 Å². The Hall–Kier alpha value is -4.70. The minimum atomic E-state index is -5.55. The predicted octanol–water partition coefficient (Wildman–Crippen LogP) is 5.61. The Morgan fingerprint density at radius 2 is 1.83 bits per heavy atom. The molecule has 0 saturated carbocycles. The monoisotopic (exact) mass is 686 g/mol. The number of alkyl halides is 6. The molecule has 9 nitrogen and oxygen atoms in total. The highest BCUT2D eigenvalue weighted by Gasteiger charge is 2.58. The number of nitrogens with zero attached hydrogens (tertiary/aromatic N) is 2. The van der Waals surface area contributed by atoms with Crippen molar-refractivity contribution in [2.24, 2.45) is 5.73 Å². The van der Waals surface area contributed by atoms with Crippen LogP contribution < -0.4 is 20.5 Å². The number of amides is 2. The van der Waals surface area contributed by atoms with Crippen LogP contribution in [0.1, 0.15) is 34.1 Å². The van der Waals surface area contributed by atoms with Crippen LogP contribution in [-0.4, -0.2) is 52.6 Å². The number of ether oxygens (including phenoxy) is 2. The molecule has 17 heteroatoms. The number of aliphatic hydroxyl groups is 1. The van der Waals surface area contributed by atoms with Crippen LogP contribution in [0.5, 0.6) is 11.5 Å². The maximum absolute atomic E-state index is 14.7. The number of hydrogen-bond acceptors (Lipinski definition) is 7. The second kappa shape index (κ2) is 11.5. The number of benzene rings is 2. The number of fused-ring (bicyclic) bond motifs is 2. The minimum absolute atomic E-state index is 0.00910. The Labute approximate surface area is 265 Å². The second-order valence-corrected chi connectivity index (χ2v) is 11.4. The number of rotatable bonds is 7. The molecule has 3 heterocycles. The number of aromatic nitrogens is 2.